The number of ketones is 1. The fourth-order valence-electron chi connectivity index (χ4n) is 5.92. The summed E-state index contributed by atoms with van der Waals surface area (Å²) in [6.45, 7) is 7.56. The van der Waals surface area contributed by atoms with Gasteiger partial charge in [0.05, 0.1) is 48.6 Å². The number of anilines is 2. The molecule has 2 unspecified atom stereocenters. The third kappa shape index (κ3) is 8.84. The maximum absolute atomic E-state index is 14.7. The van der Waals surface area contributed by atoms with Crippen LogP contribution in [0.5, 0.6) is 0 Å². The first-order valence-electron chi connectivity index (χ1n) is 15.5. The van der Waals surface area contributed by atoms with Gasteiger partial charge in [0.1, 0.15) is 11.6 Å². The van der Waals surface area contributed by atoms with Gasteiger partial charge >= 0.3 is 0 Å². The van der Waals surface area contributed by atoms with Crippen LogP contribution in [0.3, 0.4) is 0 Å². The van der Waals surface area contributed by atoms with E-state index in [-0.39, 0.29) is 5.78 Å². The summed E-state index contributed by atoms with van der Waals surface area (Å²) in [7, 11) is 0. The lowest BCUT2D eigenvalue weighted by Gasteiger charge is -2.43. The van der Waals surface area contributed by atoms with Crippen LogP contribution in [0, 0.1) is 0 Å². The van der Waals surface area contributed by atoms with Crippen molar-refractivity contribution < 1.29 is 14.3 Å². The van der Waals surface area contributed by atoms with Crippen molar-refractivity contribution >= 4 is 63.3 Å². The summed E-state index contributed by atoms with van der Waals surface area (Å²) < 4.78 is 12.5. The van der Waals surface area contributed by atoms with Crippen LogP contribution >= 0.6 is 45.9 Å². The number of halogens is 2. The van der Waals surface area contributed by atoms with E-state index in [1.807, 2.05) is 47.2 Å². The third-order valence-electron chi connectivity index (χ3n) is 8.44. The van der Waals surface area contributed by atoms with Gasteiger partial charge in [0, 0.05) is 74.5 Å². The number of Topliss-reactive ketones (excluding diaryl/α,β-unsaturated/α-hetero) is 1. The maximum atomic E-state index is 14.7. The lowest BCUT2D eigenvalue weighted by Crippen LogP contribution is -2.61. The Morgan fingerprint density at radius 3 is 1.46 bits per heavy atom. The fourth-order valence-corrected chi connectivity index (χ4v) is 7.43. The van der Waals surface area contributed by atoms with Gasteiger partial charge in [0.15, 0.2) is 5.78 Å². The van der Waals surface area contributed by atoms with E-state index < -0.39 is 12.1 Å². The van der Waals surface area contributed by atoms with E-state index in [1.165, 1.54) is 0 Å². The Balaban J connectivity index is 1.16. The summed E-state index contributed by atoms with van der Waals surface area (Å²) >= 11 is 15.5. The topological polar surface area (TPSA) is 74.3 Å². The molecule has 2 fully saturated rings. The largest absolute Gasteiger partial charge is 0.374 e. The van der Waals surface area contributed by atoms with Gasteiger partial charge in [0.25, 0.3) is 0 Å². The molecule has 46 heavy (non-hydrogen) atoms. The van der Waals surface area contributed by atoms with E-state index in [1.54, 1.807) is 35.1 Å². The molecule has 0 N–H and O–H groups in total. The molecule has 2 atom stereocenters. The van der Waals surface area contributed by atoms with Gasteiger partial charge in [0.2, 0.25) is 0 Å². The van der Waals surface area contributed by atoms with Crippen LogP contribution in [-0.4, -0.2) is 103 Å². The van der Waals surface area contributed by atoms with Crippen molar-refractivity contribution in [1.82, 2.24) is 19.8 Å². The first-order valence-corrected chi connectivity index (χ1v) is 18.0. The molecule has 244 valence electrons. The van der Waals surface area contributed by atoms with Crippen molar-refractivity contribution in [1.29, 1.82) is 0 Å². The molecule has 6 rings (SSSR count). The van der Waals surface area contributed by atoms with Crippen LogP contribution in [0.1, 0.15) is 9.75 Å². The number of ether oxygens (including phenoxy) is 2. The molecule has 2 aliphatic heterocycles. The molecule has 0 aromatic carbocycles. The molecule has 0 radical (unpaired) electrons. The number of nitrogens with zero attached hydrogens (tertiary/aromatic N) is 6. The van der Waals surface area contributed by atoms with Crippen molar-refractivity contribution in [3.8, 4) is 0 Å². The second kappa shape index (κ2) is 16.5. The highest BCUT2D eigenvalue weighted by atomic mass is 35.5. The quantitative estimate of drug-likeness (QED) is 0.167. The van der Waals surface area contributed by atoms with Crippen molar-refractivity contribution in [3.63, 3.8) is 0 Å². The Labute approximate surface area is 288 Å². The van der Waals surface area contributed by atoms with Crippen LogP contribution in [0.25, 0.3) is 0 Å². The molecule has 2 aliphatic rings. The average Bonchev–Trinajstić information content (AvgIpc) is 3.81. The summed E-state index contributed by atoms with van der Waals surface area (Å²) in [5, 5.41) is 5.33. The molecular formula is C33H38Cl2N6O3S2. The van der Waals surface area contributed by atoms with E-state index in [4.69, 9.17) is 32.7 Å². The van der Waals surface area contributed by atoms with Crippen LogP contribution < -0.4 is 9.80 Å². The molecule has 0 spiro atoms. The van der Waals surface area contributed by atoms with Crippen LogP contribution in [0.15, 0.2) is 71.7 Å². The zero-order valence-corrected chi connectivity index (χ0v) is 28.7. The van der Waals surface area contributed by atoms with Crippen molar-refractivity contribution in [3.05, 3.63) is 91.5 Å². The highest BCUT2D eigenvalue weighted by Crippen LogP contribution is 2.22. The van der Waals surface area contributed by atoms with Crippen LogP contribution in [0.4, 0.5) is 11.6 Å². The summed E-state index contributed by atoms with van der Waals surface area (Å²) in [4.78, 5) is 35.0. The number of carbonyl (C=O) groups is 1. The maximum Gasteiger partial charge on any atom is 0.171 e. The second-order valence-electron chi connectivity index (χ2n) is 11.3. The first kappa shape index (κ1) is 33.3. The Kier molecular flexibility index (Phi) is 11.9. The van der Waals surface area contributed by atoms with Crippen LogP contribution in [-0.2, 0) is 27.5 Å². The van der Waals surface area contributed by atoms with Gasteiger partial charge in [-0.3, -0.25) is 14.6 Å². The number of rotatable bonds is 14. The molecule has 2 saturated heterocycles. The summed E-state index contributed by atoms with van der Waals surface area (Å²) in [5.41, 5.74) is 0. The zero-order chi connectivity index (χ0) is 31.7. The number of thiophene rings is 2. The van der Waals surface area contributed by atoms with Gasteiger partial charge in [-0.05, 0) is 47.2 Å². The lowest BCUT2D eigenvalue weighted by atomic mass is 10.0. The van der Waals surface area contributed by atoms with E-state index in [9.17, 15) is 4.79 Å². The molecule has 0 bridgehead atoms. The number of hydrogen-bond donors (Lipinski definition) is 0. The van der Waals surface area contributed by atoms with E-state index in [0.717, 1.165) is 73.7 Å². The van der Waals surface area contributed by atoms with Gasteiger partial charge in [-0.2, -0.15) is 0 Å². The molecule has 9 nitrogen and oxygen atoms in total. The minimum Gasteiger partial charge on any atom is -0.374 e. The predicted octanol–water partition coefficient (Wildman–Crippen LogP) is 5.59. The Hall–Kier alpha value is -2.61. The number of hydrogen-bond acceptors (Lipinski definition) is 11. The van der Waals surface area contributed by atoms with Crippen molar-refractivity contribution in [2.45, 2.75) is 25.3 Å². The predicted molar refractivity (Wildman–Crippen MR) is 187 cm³/mol. The fraction of sp³-hybridized carbons (Fsp3) is 0.424. The summed E-state index contributed by atoms with van der Waals surface area (Å²) in [6.07, 6.45) is 3.36. The molecule has 6 heterocycles. The zero-order valence-electron chi connectivity index (χ0n) is 25.5. The number of piperazine rings is 2. The Morgan fingerprint density at radius 1 is 0.674 bits per heavy atom. The van der Waals surface area contributed by atoms with Crippen LogP contribution in [0.2, 0.25) is 10.0 Å². The molecule has 0 saturated carbocycles. The molecule has 4 aromatic rings. The van der Waals surface area contributed by atoms with Gasteiger partial charge < -0.3 is 19.3 Å². The number of pyridine rings is 2. The Morgan fingerprint density at radius 2 is 1.11 bits per heavy atom. The normalized spacial score (nSPS) is 17.7. The standard InChI is InChI=1S/C33H38Cl2N6O3S2/c34-25-5-7-31(36-19-25)40-13-9-38(10-14-40)29(23-43-21-27-3-1-17-45-27)33(42)30(24-44-22-28-4-2-18-46-28)39-11-15-41(16-12-39)32-8-6-26(35)20-37-32/h1-8,17-20,29-30H,9-16,21-24H2. The molecule has 13 heteroatoms. The second-order valence-corrected chi connectivity index (χ2v) is 14.3. The number of carbonyl (C=O) groups excluding carboxylic acids is 1. The minimum atomic E-state index is -0.397. The van der Waals surface area contributed by atoms with Gasteiger partial charge in [-0.15, -0.1) is 22.7 Å². The SMILES string of the molecule is O=C(C(COCc1cccs1)N1CCN(c2ccc(Cl)cn2)CC1)C(COCc1cccs1)N1CCN(c2ccc(Cl)cn2)CC1. The third-order valence-corrected chi connectivity index (χ3v) is 10.6. The highest BCUT2D eigenvalue weighted by molar-refractivity contribution is 7.10. The number of aromatic nitrogens is 2. The molecule has 0 amide bonds. The lowest BCUT2D eigenvalue weighted by molar-refractivity contribution is -0.135. The van der Waals surface area contributed by atoms with Gasteiger partial charge in [-0.1, -0.05) is 35.3 Å². The highest BCUT2D eigenvalue weighted by Gasteiger charge is 2.38. The summed E-state index contributed by atoms with van der Waals surface area (Å²) in [6, 6.07) is 15.0. The van der Waals surface area contributed by atoms with E-state index in [0.29, 0.717) is 36.5 Å². The van der Waals surface area contributed by atoms with Crippen molar-refractivity contribution in [2.75, 3.05) is 75.4 Å². The van der Waals surface area contributed by atoms with E-state index in [2.05, 4.69) is 41.7 Å². The first-order chi connectivity index (χ1) is 22.5. The Bertz CT molecular complexity index is 1370. The van der Waals surface area contributed by atoms with E-state index >= 15 is 0 Å². The molecular weight excluding hydrogens is 663 g/mol. The molecule has 0 aliphatic carbocycles. The average molecular weight is 702 g/mol. The smallest absolute Gasteiger partial charge is 0.171 e. The van der Waals surface area contributed by atoms with Gasteiger partial charge in [-0.25, -0.2) is 9.97 Å². The monoisotopic (exact) mass is 700 g/mol. The minimum absolute atomic E-state index is 0.147. The van der Waals surface area contributed by atoms with Crippen molar-refractivity contribution in [2.24, 2.45) is 0 Å². The summed E-state index contributed by atoms with van der Waals surface area (Å²) in [5.74, 6) is 1.94. The molecule has 4 aromatic heterocycles.